The Balaban J connectivity index is 2.64. The highest BCUT2D eigenvalue weighted by Gasteiger charge is 2.13. The van der Waals surface area contributed by atoms with Crippen molar-refractivity contribution >= 4 is 11.1 Å². The SMILES string of the molecule is C=C\C(=C/C=C(C)/C(=C(/CCC)c1cccc(C)c1)c1ccccc1)OCCO. The lowest BCUT2D eigenvalue weighted by atomic mass is 9.87. The van der Waals surface area contributed by atoms with E-state index in [2.05, 4.69) is 82.0 Å². The minimum atomic E-state index is -0.0168. The molecular formula is C27H32O2. The van der Waals surface area contributed by atoms with E-state index in [0.29, 0.717) is 5.76 Å². The quantitative estimate of drug-likeness (QED) is 0.278. The average Bonchev–Trinajstić information content (AvgIpc) is 2.74. The van der Waals surface area contributed by atoms with Crippen molar-refractivity contribution in [2.75, 3.05) is 13.2 Å². The molecule has 1 N–H and O–H groups in total. The fourth-order valence-corrected chi connectivity index (χ4v) is 3.37. The molecule has 0 unspecified atom stereocenters. The standard InChI is InChI=1S/C27H32O2/c1-5-11-26(24-15-10-12-21(3)20-24)27(23-13-8-7-9-14-23)22(4)16-17-25(6-2)29-19-18-28/h6-10,12-17,20,28H,2,5,11,18-19H2,1,3-4H3/b22-16+,25-17+,27-26+. The molecule has 0 aromatic heterocycles. The van der Waals surface area contributed by atoms with Gasteiger partial charge in [0.1, 0.15) is 12.4 Å². The van der Waals surface area contributed by atoms with E-state index in [1.54, 1.807) is 6.08 Å². The Bertz CT molecular complexity index is 886. The predicted octanol–water partition coefficient (Wildman–Crippen LogP) is 6.73. The average molecular weight is 389 g/mol. The summed E-state index contributed by atoms with van der Waals surface area (Å²) in [7, 11) is 0. The molecule has 0 bridgehead atoms. The van der Waals surface area contributed by atoms with Crippen molar-refractivity contribution in [3.63, 3.8) is 0 Å². The van der Waals surface area contributed by atoms with E-state index in [9.17, 15) is 0 Å². The summed E-state index contributed by atoms with van der Waals surface area (Å²) in [5.41, 5.74) is 7.49. The molecule has 0 spiro atoms. The molecule has 2 aromatic carbocycles. The topological polar surface area (TPSA) is 29.5 Å². The summed E-state index contributed by atoms with van der Waals surface area (Å²) in [6, 6.07) is 19.3. The molecule has 0 saturated heterocycles. The summed E-state index contributed by atoms with van der Waals surface area (Å²) < 4.78 is 5.52. The number of hydrogen-bond acceptors (Lipinski definition) is 2. The molecule has 152 valence electrons. The summed E-state index contributed by atoms with van der Waals surface area (Å²) in [5.74, 6) is 0.651. The molecule has 0 aliphatic rings. The molecule has 2 aromatic rings. The number of benzene rings is 2. The van der Waals surface area contributed by atoms with Gasteiger partial charge in [-0.05, 0) is 60.3 Å². The van der Waals surface area contributed by atoms with Crippen molar-refractivity contribution in [3.05, 3.63) is 107 Å². The van der Waals surface area contributed by atoms with Crippen LogP contribution in [0.25, 0.3) is 11.1 Å². The first kappa shape index (κ1) is 22.4. The summed E-state index contributed by atoms with van der Waals surface area (Å²) >= 11 is 0. The van der Waals surface area contributed by atoms with Crippen LogP contribution in [0.1, 0.15) is 43.4 Å². The summed E-state index contributed by atoms with van der Waals surface area (Å²) in [6.45, 7) is 10.5. The maximum Gasteiger partial charge on any atom is 0.118 e. The third kappa shape index (κ3) is 6.62. The van der Waals surface area contributed by atoms with E-state index in [-0.39, 0.29) is 13.2 Å². The third-order valence-electron chi connectivity index (χ3n) is 4.68. The van der Waals surface area contributed by atoms with Gasteiger partial charge in [0.25, 0.3) is 0 Å². The van der Waals surface area contributed by atoms with E-state index < -0.39 is 0 Å². The monoisotopic (exact) mass is 388 g/mol. The molecule has 0 heterocycles. The minimum absolute atomic E-state index is 0.0168. The van der Waals surface area contributed by atoms with Crippen LogP contribution >= 0.6 is 0 Å². The number of aryl methyl sites for hydroxylation is 1. The van der Waals surface area contributed by atoms with Gasteiger partial charge in [-0.2, -0.15) is 0 Å². The van der Waals surface area contributed by atoms with Gasteiger partial charge in [0.05, 0.1) is 6.61 Å². The van der Waals surface area contributed by atoms with Gasteiger partial charge in [0.2, 0.25) is 0 Å². The Morgan fingerprint density at radius 1 is 1.03 bits per heavy atom. The van der Waals surface area contributed by atoms with Gasteiger partial charge in [0.15, 0.2) is 0 Å². The van der Waals surface area contributed by atoms with Gasteiger partial charge in [-0.25, -0.2) is 0 Å². The van der Waals surface area contributed by atoms with Gasteiger partial charge in [-0.3, -0.25) is 0 Å². The summed E-state index contributed by atoms with van der Waals surface area (Å²) in [6.07, 6.45) is 7.72. The van der Waals surface area contributed by atoms with Crippen LogP contribution in [0.15, 0.2) is 90.7 Å². The van der Waals surface area contributed by atoms with Crippen LogP contribution in [0, 0.1) is 6.92 Å². The molecule has 0 radical (unpaired) electrons. The second-order valence-corrected chi connectivity index (χ2v) is 7.03. The summed E-state index contributed by atoms with van der Waals surface area (Å²) in [5, 5.41) is 9.00. The van der Waals surface area contributed by atoms with E-state index in [4.69, 9.17) is 9.84 Å². The first-order valence-electron chi connectivity index (χ1n) is 10.2. The van der Waals surface area contributed by atoms with Crippen LogP contribution in [0.2, 0.25) is 0 Å². The zero-order valence-corrected chi connectivity index (χ0v) is 17.8. The molecule has 0 amide bonds. The number of hydrogen-bond donors (Lipinski definition) is 1. The number of aliphatic hydroxyl groups is 1. The van der Waals surface area contributed by atoms with E-state index in [0.717, 1.165) is 18.4 Å². The van der Waals surface area contributed by atoms with E-state index in [1.807, 2.05) is 12.1 Å². The highest BCUT2D eigenvalue weighted by atomic mass is 16.5. The van der Waals surface area contributed by atoms with Crippen molar-refractivity contribution in [1.29, 1.82) is 0 Å². The predicted molar refractivity (Wildman–Crippen MR) is 124 cm³/mol. The number of aliphatic hydroxyl groups excluding tert-OH is 1. The van der Waals surface area contributed by atoms with Gasteiger partial charge in [0, 0.05) is 0 Å². The second kappa shape index (κ2) is 11.9. The lowest BCUT2D eigenvalue weighted by Crippen LogP contribution is -1.98. The van der Waals surface area contributed by atoms with Crippen LogP contribution in [-0.4, -0.2) is 18.3 Å². The molecule has 0 atom stereocenters. The highest BCUT2D eigenvalue weighted by molar-refractivity contribution is 5.98. The molecule has 29 heavy (non-hydrogen) atoms. The van der Waals surface area contributed by atoms with Crippen LogP contribution in [0.5, 0.6) is 0 Å². The maximum absolute atomic E-state index is 9.00. The van der Waals surface area contributed by atoms with Crippen molar-refractivity contribution in [2.24, 2.45) is 0 Å². The van der Waals surface area contributed by atoms with Crippen molar-refractivity contribution in [2.45, 2.75) is 33.6 Å². The molecule has 0 aliphatic carbocycles. The molecule has 0 aliphatic heterocycles. The number of ether oxygens (including phenoxy) is 1. The van der Waals surface area contributed by atoms with Gasteiger partial charge in [-0.1, -0.05) is 86.2 Å². The zero-order valence-electron chi connectivity index (χ0n) is 17.8. The van der Waals surface area contributed by atoms with Crippen molar-refractivity contribution < 1.29 is 9.84 Å². The minimum Gasteiger partial charge on any atom is -0.491 e. The largest absolute Gasteiger partial charge is 0.491 e. The van der Waals surface area contributed by atoms with Crippen molar-refractivity contribution in [1.82, 2.24) is 0 Å². The number of rotatable bonds is 10. The second-order valence-electron chi connectivity index (χ2n) is 7.03. The Morgan fingerprint density at radius 3 is 2.38 bits per heavy atom. The van der Waals surface area contributed by atoms with Crippen LogP contribution < -0.4 is 0 Å². The lowest BCUT2D eigenvalue weighted by Gasteiger charge is -2.18. The first-order chi connectivity index (χ1) is 14.1. The van der Waals surface area contributed by atoms with Gasteiger partial charge in [-0.15, -0.1) is 0 Å². The zero-order chi connectivity index (χ0) is 21.1. The normalized spacial score (nSPS) is 13.1. The highest BCUT2D eigenvalue weighted by Crippen LogP contribution is 2.35. The smallest absolute Gasteiger partial charge is 0.118 e. The third-order valence-corrected chi connectivity index (χ3v) is 4.68. The fraction of sp³-hybridized carbons (Fsp3) is 0.259. The van der Waals surface area contributed by atoms with E-state index >= 15 is 0 Å². The van der Waals surface area contributed by atoms with Crippen LogP contribution in [-0.2, 0) is 4.74 Å². The van der Waals surface area contributed by atoms with Crippen molar-refractivity contribution in [3.8, 4) is 0 Å². The van der Waals surface area contributed by atoms with Crippen LogP contribution in [0.3, 0.4) is 0 Å². The van der Waals surface area contributed by atoms with Gasteiger partial charge < -0.3 is 9.84 Å². The lowest BCUT2D eigenvalue weighted by molar-refractivity contribution is 0.152. The molecule has 2 heteroatoms. The molecule has 0 fully saturated rings. The Kier molecular flexibility index (Phi) is 9.20. The Hall–Kier alpha value is -2.84. The first-order valence-corrected chi connectivity index (χ1v) is 10.2. The fourth-order valence-electron chi connectivity index (χ4n) is 3.37. The van der Waals surface area contributed by atoms with Gasteiger partial charge >= 0.3 is 0 Å². The molecular weight excluding hydrogens is 356 g/mol. The maximum atomic E-state index is 9.00. The molecule has 2 rings (SSSR count). The molecule has 0 saturated carbocycles. The Labute approximate surface area is 175 Å². The van der Waals surface area contributed by atoms with E-state index in [1.165, 1.54) is 27.8 Å². The number of allylic oxidation sites excluding steroid dienone is 6. The van der Waals surface area contributed by atoms with Crippen LogP contribution in [0.4, 0.5) is 0 Å². The Morgan fingerprint density at radius 2 is 1.76 bits per heavy atom. The summed E-state index contributed by atoms with van der Waals surface area (Å²) in [4.78, 5) is 0. The molecule has 2 nitrogen and oxygen atoms in total.